The average molecular weight is 396 g/mol. The number of nitrogens with one attached hydrogen (secondary N) is 1. The van der Waals surface area contributed by atoms with Crippen LogP contribution in [0.3, 0.4) is 0 Å². The van der Waals surface area contributed by atoms with Gasteiger partial charge in [-0.15, -0.1) is 0 Å². The Labute approximate surface area is 172 Å². The highest BCUT2D eigenvalue weighted by Crippen LogP contribution is 2.31. The van der Waals surface area contributed by atoms with E-state index in [4.69, 9.17) is 4.74 Å². The number of amides is 3. The van der Waals surface area contributed by atoms with Gasteiger partial charge >= 0.3 is 6.03 Å². The summed E-state index contributed by atoms with van der Waals surface area (Å²) in [5.74, 6) is 0.584. The number of carbonyl (C=O) groups is 2. The molecule has 0 bridgehead atoms. The summed E-state index contributed by atoms with van der Waals surface area (Å²) in [6, 6.07) is 13.5. The van der Waals surface area contributed by atoms with Crippen molar-refractivity contribution in [2.24, 2.45) is 5.92 Å². The smallest absolute Gasteiger partial charge is 0.324 e. The molecule has 154 valence electrons. The molecule has 0 saturated carbocycles. The Bertz CT molecular complexity index is 895. The molecule has 1 saturated heterocycles. The third-order valence-corrected chi connectivity index (χ3v) is 5.04. The Morgan fingerprint density at radius 1 is 1.17 bits per heavy atom. The number of nitrogens with zero attached hydrogens (tertiary/aromatic N) is 2. The second kappa shape index (κ2) is 8.99. The Balaban J connectivity index is 1.83. The van der Waals surface area contributed by atoms with E-state index in [9.17, 15) is 9.59 Å². The predicted molar refractivity (Wildman–Crippen MR) is 115 cm³/mol. The number of ether oxygens (including phenoxy) is 1. The third-order valence-electron chi connectivity index (χ3n) is 5.04. The molecule has 0 atom stereocenters. The van der Waals surface area contributed by atoms with Crippen LogP contribution in [-0.2, 0) is 11.3 Å². The van der Waals surface area contributed by atoms with Gasteiger partial charge in [-0.1, -0.05) is 32.0 Å². The van der Waals surface area contributed by atoms with E-state index >= 15 is 0 Å². The second-order valence-electron chi connectivity index (χ2n) is 7.73. The minimum absolute atomic E-state index is 0.0528. The molecule has 0 aromatic heterocycles. The van der Waals surface area contributed by atoms with Crippen LogP contribution in [0.4, 0.5) is 16.2 Å². The van der Waals surface area contributed by atoms with Crippen LogP contribution < -0.4 is 15.0 Å². The van der Waals surface area contributed by atoms with Crippen LogP contribution in [0.5, 0.6) is 5.75 Å². The van der Waals surface area contributed by atoms with Gasteiger partial charge in [-0.2, -0.15) is 0 Å². The fourth-order valence-corrected chi connectivity index (χ4v) is 3.41. The fourth-order valence-electron chi connectivity index (χ4n) is 3.41. The Morgan fingerprint density at radius 3 is 2.69 bits per heavy atom. The molecule has 1 fully saturated rings. The minimum Gasteiger partial charge on any atom is -0.497 e. The standard InChI is InChI=1S/C23H29N3O3/c1-16(2)22(27)24-20-13-17(3)9-10-21(20)26-12-6-11-25(23(26)28)15-18-7-5-8-19(14-18)29-4/h5,7-10,13-14,16H,6,11-12,15H2,1-4H3,(H,24,27). The lowest BCUT2D eigenvalue weighted by Crippen LogP contribution is -2.49. The predicted octanol–water partition coefficient (Wildman–Crippen LogP) is 4.43. The van der Waals surface area contributed by atoms with E-state index in [1.165, 1.54) is 0 Å². The summed E-state index contributed by atoms with van der Waals surface area (Å²) in [6.07, 6.45) is 0.862. The summed E-state index contributed by atoms with van der Waals surface area (Å²) in [5.41, 5.74) is 3.48. The number of aryl methyl sites for hydroxylation is 1. The van der Waals surface area contributed by atoms with Gasteiger partial charge in [-0.3, -0.25) is 9.69 Å². The lowest BCUT2D eigenvalue weighted by Gasteiger charge is -2.36. The topological polar surface area (TPSA) is 61.9 Å². The Hall–Kier alpha value is -3.02. The summed E-state index contributed by atoms with van der Waals surface area (Å²) in [7, 11) is 1.64. The lowest BCUT2D eigenvalue weighted by molar-refractivity contribution is -0.118. The van der Waals surface area contributed by atoms with Crippen LogP contribution >= 0.6 is 0 Å². The molecule has 29 heavy (non-hydrogen) atoms. The van der Waals surface area contributed by atoms with Crippen molar-refractivity contribution in [2.45, 2.75) is 33.7 Å². The summed E-state index contributed by atoms with van der Waals surface area (Å²) >= 11 is 0. The van der Waals surface area contributed by atoms with Gasteiger partial charge in [0.25, 0.3) is 0 Å². The molecule has 0 radical (unpaired) electrons. The fraction of sp³-hybridized carbons (Fsp3) is 0.391. The molecule has 1 aliphatic heterocycles. The van der Waals surface area contributed by atoms with Crippen molar-refractivity contribution in [1.29, 1.82) is 0 Å². The monoisotopic (exact) mass is 395 g/mol. The minimum atomic E-state index is -0.134. The van der Waals surface area contributed by atoms with E-state index in [0.29, 0.717) is 25.3 Å². The van der Waals surface area contributed by atoms with Crippen molar-refractivity contribution in [3.63, 3.8) is 0 Å². The van der Waals surface area contributed by atoms with Crippen molar-refractivity contribution in [3.8, 4) is 5.75 Å². The van der Waals surface area contributed by atoms with Gasteiger partial charge in [0.05, 0.1) is 18.5 Å². The van der Waals surface area contributed by atoms with Crippen molar-refractivity contribution in [1.82, 2.24) is 4.90 Å². The van der Waals surface area contributed by atoms with Crippen LogP contribution in [0.15, 0.2) is 42.5 Å². The molecule has 3 amide bonds. The highest BCUT2D eigenvalue weighted by atomic mass is 16.5. The molecule has 1 N–H and O–H groups in total. The normalized spacial score (nSPS) is 14.3. The molecule has 2 aromatic rings. The van der Waals surface area contributed by atoms with Gasteiger partial charge in [-0.05, 0) is 48.7 Å². The van der Waals surface area contributed by atoms with Gasteiger partial charge in [0.2, 0.25) is 5.91 Å². The number of anilines is 2. The van der Waals surface area contributed by atoms with Gasteiger partial charge < -0.3 is 15.0 Å². The summed E-state index contributed by atoms with van der Waals surface area (Å²) in [5, 5.41) is 2.98. The highest BCUT2D eigenvalue weighted by molar-refractivity contribution is 6.01. The SMILES string of the molecule is COc1cccc(CN2CCCN(c3ccc(C)cc3NC(=O)C(C)C)C2=O)c1. The highest BCUT2D eigenvalue weighted by Gasteiger charge is 2.29. The average Bonchev–Trinajstić information content (AvgIpc) is 2.70. The maximum atomic E-state index is 13.2. The van der Waals surface area contributed by atoms with Crippen molar-refractivity contribution in [3.05, 3.63) is 53.6 Å². The van der Waals surface area contributed by atoms with Crippen LogP contribution in [-0.4, -0.2) is 37.0 Å². The summed E-state index contributed by atoms with van der Waals surface area (Å²) in [6.45, 7) is 7.53. The van der Waals surface area contributed by atoms with Crippen LogP contribution in [0.2, 0.25) is 0 Å². The van der Waals surface area contributed by atoms with E-state index < -0.39 is 0 Å². The van der Waals surface area contributed by atoms with E-state index in [1.54, 1.807) is 12.0 Å². The number of benzene rings is 2. The van der Waals surface area contributed by atoms with Crippen molar-refractivity contribution < 1.29 is 14.3 Å². The summed E-state index contributed by atoms with van der Waals surface area (Å²) in [4.78, 5) is 29.1. The lowest BCUT2D eigenvalue weighted by atomic mass is 10.1. The van der Waals surface area contributed by atoms with Gasteiger partial charge in [0.15, 0.2) is 0 Å². The van der Waals surface area contributed by atoms with Crippen LogP contribution in [0.1, 0.15) is 31.4 Å². The number of hydrogen-bond donors (Lipinski definition) is 1. The Kier molecular flexibility index (Phi) is 6.42. The molecular formula is C23H29N3O3. The number of urea groups is 1. The molecule has 6 heteroatoms. The van der Waals surface area contributed by atoms with Crippen molar-refractivity contribution in [2.75, 3.05) is 30.4 Å². The number of hydrogen-bond acceptors (Lipinski definition) is 3. The van der Waals surface area contributed by atoms with Gasteiger partial charge in [0.1, 0.15) is 5.75 Å². The third kappa shape index (κ3) is 4.88. The first-order chi connectivity index (χ1) is 13.9. The molecule has 2 aromatic carbocycles. The molecule has 0 unspecified atom stereocenters. The zero-order valence-corrected chi connectivity index (χ0v) is 17.6. The first-order valence-corrected chi connectivity index (χ1v) is 10.00. The molecule has 3 rings (SSSR count). The zero-order valence-electron chi connectivity index (χ0n) is 17.6. The molecule has 1 heterocycles. The molecule has 0 aliphatic carbocycles. The second-order valence-corrected chi connectivity index (χ2v) is 7.73. The maximum Gasteiger partial charge on any atom is 0.324 e. The first-order valence-electron chi connectivity index (χ1n) is 10.00. The molecule has 0 spiro atoms. The maximum absolute atomic E-state index is 13.2. The van der Waals surface area contributed by atoms with E-state index in [1.807, 2.05) is 68.1 Å². The van der Waals surface area contributed by atoms with E-state index in [2.05, 4.69) is 5.32 Å². The first kappa shape index (κ1) is 20.7. The number of carbonyl (C=O) groups excluding carboxylic acids is 2. The largest absolute Gasteiger partial charge is 0.497 e. The molecular weight excluding hydrogens is 366 g/mol. The molecule has 6 nitrogen and oxygen atoms in total. The zero-order chi connectivity index (χ0) is 21.0. The van der Waals surface area contributed by atoms with Crippen LogP contribution in [0, 0.1) is 12.8 Å². The van der Waals surface area contributed by atoms with E-state index in [0.717, 1.165) is 29.0 Å². The van der Waals surface area contributed by atoms with Gasteiger partial charge in [-0.25, -0.2) is 4.79 Å². The Morgan fingerprint density at radius 2 is 1.97 bits per heavy atom. The molecule has 1 aliphatic rings. The quantitative estimate of drug-likeness (QED) is 0.787. The van der Waals surface area contributed by atoms with Gasteiger partial charge in [0, 0.05) is 25.6 Å². The summed E-state index contributed by atoms with van der Waals surface area (Å²) < 4.78 is 5.29. The number of methoxy groups -OCH3 is 1. The van der Waals surface area contributed by atoms with E-state index in [-0.39, 0.29) is 17.9 Å². The number of rotatable bonds is 6. The van der Waals surface area contributed by atoms with Crippen molar-refractivity contribution >= 4 is 23.3 Å². The van der Waals surface area contributed by atoms with Crippen LogP contribution in [0.25, 0.3) is 0 Å².